The van der Waals surface area contributed by atoms with Gasteiger partial charge in [0, 0.05) is 12.1 Å². The Morgan fingerprint density at radius 1 is 1.43 bits per heavy atom. The molecule has 3 nitrogen and oxygen atoms in total. The van der Waals surface area contributed by atoms with Gasteiger partial charge in [-0.15, -0.1) is 0 Å². The molecule has 0 radical (unpaired) electrons. The Kier molecular flexibility index (Phi) is 3.24. The lowest BCUT2D eigenvalue weighted by molar-refractivity contribution is 0.320. The first-order valence-corrected chi connectivity index (χ1v) is 3.89. The van der Waals surface area contributed by atoms with Gasteiger partial charge in [-0.05, 0) is 0 Å². The highest BCUT2D eigenvalue weighted by Crippen LogP contribution is 2.22. The molecule has 76 valence electrons. The van der Waals surface area contributed by atoms with E-state index in [1.165, 1.54) is 7.11 Å². The third-order valence-corrected chi connectivity index (χ3v) is 1.81. The predicted octanol–water partition coefficient (Wildman–Crippen LogP) is 2.35. The largest absolute Gasteiger partial charge is 0.497 e. The summed E-state index contributed by atoms with van der Waals surface area (Å²) in [5.74, 6) is -1.89. The summed E-state index contributed by atoms with van der Waals surface area (Å²) in [6.07, 6.45) is 0. The molecule has 1 N–H and O–H groups in total. The second-order valence-corrected chi connectivity index (χ2v) is 2.71. The van der Waals surface area contributed by atoms with Crippen molar-refractivity contribution < 1.29 is 18.7 Å². The van der Waals surface area contributed by atoms with Crippen molar-refractivity contribution in [2.45, 2.75) is 0 Å². The first-order valence-electron chi connectivity index (χ1n) is 3.51. The molecule has 6 heteroatoms. The highest BCUT2D eigenvalue weighted by molar-refractivity contribution is 6.69. The molecule has 0 atom stereocenters. The van der Waals surface area contributed by atoms with E-state index < -0.39 is 22.4 Å². The fourth-order valence-corrected chi connectivity index (χ4v) is 1.10. The Bertz CT molecular complexity index is 359. The van der Waals surface area contributed by atoms with E-state index in [1.54, 1.807) is 0 Å². The molecule has 0 bridgehead atoms. The quantitative estimate of drug-likeness (QED) is 0.473. The lowest BCUT2D eigenvalue weighted by atomic mass is 10.2. The van der Waals surface area contributed by atoms with E-state index in [0.717, 1.165) is 12.1 Å². The fraction of sp³-hybridized carbons (Fsp3) is 0.125. The maximum atomic E-state index is 13.1. The highest BCUT2D eigenvalue weighted by atomic mass is 35.5. The molecule has 0 aliphatic heterocycles. The molecule has 0 aliphatic carbocycles. The molecule has 1 aromatic rings. The molecule has 0 unspecified atom stereocenters. The van der Waals surface area contributed by atoms with Crippen LogP contribution in [0.4, 0.5) is 8.78 Å². The molecule has 1 aromatic carbocycles. The Hall–Kier alpha value is -1.36. The van der Waals surface area contributed by atoms with E-state index >= 15 is 0 Å². The van der Waals surface area contributed by atoms with Crippen LogP contribution in [-0.2, 0) is 0 Å². The first kappa shape index (κ1) is 10.7. The molecular formula is C8H6ClF2NO2. The Balaban J connectivity index is 3.32. The zero-order valence-corrected chi connectivity index (χ0v) is 7.85. The van der Waals surface area contributed by atoms with E-state index in [2.05, 4.69) is 9.89 Å². The summed E-state index contributed by atoms with van der Waals surface area (Å²) in [7, 11) is 1.27. The van der Waals surface area contributed by atoms with Gasteiger partial charge in [0.15, 0.2) is 5.17 Å². The summed E-state index contributed by atoms with van der Waals surface area (Å²) in [5.41, 5.74) is -0.588. The van der Waals surface area contributed by atoms with Crippen LogP contribution in [0.3, 0.4) is 0 Å². The minimum absolute atomic E-state index is 0.0196. The van der Waals surface area contributed by atoms with Crippen LogP contribution < -0.4 is 4.74 Å². The Labute approximate surface area is 83.6 Å². The van der Waals surface area contributed by atoms with Crippen LogP contribution in [0.1, 0.15) is 5.56 Å². The normalized spacial score (nSPS) is 11.6. The van der Waals surface area contributed by atoms with Gasteiger partial charge in [0.1, 0.15) is 17.4 Å². The molecule has 14 heavy (non-hydrogen) atoms. The molecule has 1 rings (SSSR count). The second kappa shape index (κ2) is 4.23. The smallest absolute Gasteiger partial charge is 0.181 e. The number of methoxy groups -OCH3 is 1. The number of ether oxygens (including phenoxy) is 1. The van der Waals surface area contributed by atoms with E-state index in [4.69, 9.17) is 16.8 Å². The van der Waals surface area contributed by atoms with Gasteiger partial charge in [0.2, 0.25) is 0 Å². The minimum atomic E-state index is -0.954. The summed E-state index contributed by atoms with van der Waals surface area (Å²) < 4.78 is 30.9. The molecule has 0 spiro atoms. The summed E-state index contributed by atoms with van der Waals surface area (Å²) >= 11 is 5.28. The highest BCUT2D eigenvalue weighted by Gasteiger charge is 2.16. The Morgan fingerprint density at radius 2 is 1.93 bits per heavy atom. The maximum absolute atomic E-state index is 13.1. The molecule has 0 heterocycles. The molecule has 0 aromatic heterocycles. The van der Waals surface area contributed by atoms with E-state index in [-0.39, 0.29) is 5.75 Å². The summed E-state index contributed by atoms with van der Waals surface area (Å²) in [5, 5.41) is 10.1. The summed E-state index contributed by atoms with van der Waals surface area (Å²) in [6, 6.07) is 1.87. The topological polar surface area (TPSA) is 41.8 Å². The zero-order valence-electron chi connectivity index (χ0n) is 7.09. The lowest BCUT2D eigenvalue weighted by Crippen LogP contribution is -2.01. The van der Waals surface area contributed by atoms with Gasteiger partial charge >= 0.3 is 0 Å². The van der Waals surface area contributed by atoms with Crippen molar-refractivity contribution in [2.75, 3.05) is 7.11 Å². The van der Waals surface area contributed by atoms with Crippen LogP contribution in [0, 0.1) is 11.6 Å². The molecule has 0 aliphatic rings. The van der Waals surface area contributed by atoms with Gasteiger partial charge in [-0.1, -0.05) is 16.8 Å². The van der Waals surface area contributed by atoms with Crippen molar-refractivity contribution in [3.05, 3.63) is 29.3 Å². The van der Waals surface area contributed by atoms with Crippen LogP contribution in [-0.4, -0.2) is 17.5 Å². The van der Waals surface area contributed by atoms with Crippen molar-refractivity contribution >= 4 is 16.8 Å². The van der Waals surface area contributed by atoms with Crippen LogP contribution >= 0.6 is 11.6 Å². The van der Waals surface area contributed by atoms with Crippen LogP contribution in [0.2, 0.25) is 0 Å². The van der Waals surface area contributed by atoms with Crippen LogP contribution in [0.15, 0.2) is 17.3 Å². The van der Waals surface area contributed by atoms with Crippen molar-refractivity contribution in [3.8, 4) is 5.75 Å². The van der Waals surface area contributed by atoms with Gasteiger partial charge in [-0.3, -0.25) is 0 Å². The minimum Gasteiger partial charge on any atom is -0.497 e. The van der Waals surface area contributed by atoms with Crippen LogP contribution in [0.5, 0.6) is 5.75 Å². The summed E-state index contributed by atoms with van der Waals surface area (Å²) in [6.45, 7) is 0. The first-order chi connectivity index (χ1) is 6.60. The SMILES string of the molecule is COc1cc(F)c(C(Cl)=NO)c(F)c1. The van der Waals surface area contributed by atoms with Gasteiger partial charge in [-0.25, -0.2) is 8.78 Å². The molecule has 0 fully saturated rings. The lowest BCUT2D eigenvalue weighted by Gasteiger charge is -2.04. The van der Waals surface area contributed by atoms with E-state index in [1.807, 2.05) is 0 Å². The van der Waals surface area contributed by atoms with Gasteiger partial charge in [-0.2, -0.15) is 0 Å². The van der Waals surface area contributed by atoms with Crippen molar-refractivity contribution in [3.63, 3.8) is 0 Å². The number of rotatable bonds is 2. The predicted molar refractivity (Wildman–Crippen MR) is 47.1 cm³/mol. The number of hydrogen-bond donors (Lipinski definition) is 1. The number of hydrogen-bond acceptors (Lipinski definition) is 3. The molecule has 0 saturated carbocycles. The Morgan fingerprint density at radius 3 is 2.29 bits per heavy atom. The molecular weight excluding hydrogens is 216 g/mol. The standard InChI is InChI=1S/C8H6ClF2NO2/c1-14-4-2-5(10)7(6(11)3-4)8(9)12-13/h2-3,13H,1H3. The van der Waals surface area contributed by atoms with Gasteiger partial charge in [0.25, 0.3) is 0 Å². The van der Waals surface area contributed by atoms with E-state index in [9.17, 15) is 8.78 Å². The van der Waals surface area contributed by atoms with Crippen molar-refractivity contribution in [2.24, 2.45) is 5.16 Å². The maximum Gasteiger partial charge on any atom is 0.181 e. The molecule has 0 saturated heterocycles. The zero-order chi connectivity index (χ0) is 10.7. The van der Waals surface area contributed by atoms with Crippen LogP contribution in [0.25, 0.3) is 0 Å². The second-order valence-electron chi connectivity index (χ2n) is 2.36. The third kappa shape index (κ3) is 1.93. The monoisotopic (exact) mass is 221 g/mol. The third-order valence-electron chi connectivity index (χ3n) is 1.55. The summed E-state index contributed by atoms with van der Waals surface area (Å²) in [4.78, 5) is 0. The number of halogens is 3. The fourth-order valence-electron chi connectivity index (χ4n) is 0.915. The average molecular weight is 222 g/mol. The average Bonchev–Trinajstić information content (AvgIpc) is 2.16. The van der Waals surface area contributed by atoms with Crippen molar-refractivity contribution in [1.82, 2.24) is 0 Å². The number of benzene rings is 1. The van der Waals surface area contributed by atoms with Gasteiger partial charge in [0.05, 0.1) is 12.7 Å². The number of oxime groups is 1. The van der Waals surface area contributed by atoms with Crippen molar-refractivity contribution in [1.29, 1.82) is 0 Å². The van der Waals surface area contributed by atoms with Gasteiger partial charge < -0.3 is 9.94 Å². The molecule has 0 amide bonds. The number of nitrogens with zero attached hydrogens (tertiary/aromatic N) is 1. The van der Waals surface area contributed by atoms with E-state index in [0.29, 0.717) is 0 Å².